The molecule has 0 amide bonds. The van der Waals surface area contributed by atoms with Crippen LogP contribution in [-0.4, -0.2) is 34.5 Å². The molecule has 0 fully saturated rings. The molecule has 0 atom stereocenters. The van der Waals surface area contributed by atoms with Gasteiger partial charge in [-0.05, 0) is 30.4 Å². The van der Waals surface area contributed by atoms with Gasteiger partial charge in [0.25, 0.3) is 5.69 Å². The number of hydrogen-bond acceptors (Lipinski definition) is 6. The summed E-state index contributed by atoms with van der Waals surface area (Å²) < 4.78 is 5.10. The van der Waals surface area contributed by atoms with Crippen molar-refractivity contribution in [2.45, 2.75) is 18.2 Å². The summed E-state index contributed by atoms with van der Waals surface area (Å²) >= 11 is 1.21. The molecule has 0 aliphatic heterocycles. The number of ether oxygens (including phenoxy) is 1. The zero-order valence-electron chi connectivity index (χ0n) is 15.4. The van der Waals surface area contributed by atoms with E-state index in [4.69, 9.17) is 4.74 Å². The summed E-state index contributed by atoms with van der Waals surface area (Å²) in [6.07, 6.45) is 4.15. The van der Waals surface area contributed by atoms with Gasteiger partial charge >= 0.3 is 5.97 Å². The minimum atomic E-state index is -0.779. The molecule has 0 aliphatic carbocycles. The van der Waals surface area contributed by atoms with E-state index in [9.17, 15) is 19.7 Å². The van der Waals surface area contributed by atoms with E-state index < -0.39 is 17.5 Å². The highest BCUT2D eigenvalue weighted by atomic mass is 32.2. The molecule has 0 radical (unpaired) electrons. The average molecular weight is 398 g/mol. The molecular formula is C20H18N2O5S. The maximum Gasteiger partial charge on any atom is 0.338 e. The van der Waals surface area contributed by atoms with Gasteiger partial charge in [0.1, 0.15) is 0 Å². The summed E-state index contributed by atoms with van der Waals surface area (Å²) in [5.41, 5.74) is 2.29. The van der Waals surface area contributed by atoms with Crippen molar-refractivity contribution < 1.29 is 19.2 Å². The number of nitro benzene ring substituents is 1. The molecule has 7 nitrogen and oxygen atoms in total. The summed E-state index contributed by atoms with van der Waals surface area (Å²) in [5.74, 6) is -1.12. The second-order valence-corrected chi connectivity index (χ2v) is 6.89. The van der Waals surface area contributed by atoms with Gasteiger partial charge in [0.15, 0.2) is 6.61 Å². The van der Waals surface area contributed by atoms with E-state index in [1.54, 1.807) is 12.5 Å². The van der Waals surface area contributed by atoms with Crippen LogP contribution in [0.5, 0.6) is 0 Å². The molecule has 3 aromatic rings. The van der Waals surface area contributed by atoms with Crippen LogP contribution in [-0.2, 0) is 11.2 Å². The molecule has 0 bridgehead atoms. The number of fused-ring (bicyclic) bond motifs is 1. The molecule has 28 heavy (non-hydrogen) atoms. The van der Waals surface area contributed by atoms with E-state index in [0.29, 0.717) is 10.5 Å². The number of nitro groups is 1. The monoisotopic (exact) mass is 398 g/mol. The van der Waals surface area contributed by atoms with Crippen LogP contribution in [0.2, 0.25) is 0 Å². The van der Waals surface area contributed by atoms with Crippen LogP contribution in [0.1, 0.15) is 33.2 Å². The summed E-state index contributed by atoms with van der Waals surface area (Å²) in [7, 11) is 0. The first-order valence-electron chi connectivity index (χ1n) is 8.58. The fourth-order valence-corrected chi connectivity index (χ4v) is 3.54. The fourth-order valence-electron chi connectivity index (χ4n) is 2.99. The van der Waals surface area contributed by atoms with Crippen LogP contribution in [0.25, 0.3) is 10.9 Å². The van der Waals surface area contributed by atoms with Gasteiger partial charge in [-0.1, -0.05) is 25.1 Å². The molecule has 1 N–H and O–H groups in total. The molecule has 1 heterocycles. The van der Waals surface area contributed by atoms with Crippen LogP contribution in [0.15, 0.2) is 47.5 Å². The number of hydrogen-bond donors (Lipinski definition) is 1. The van der Waals surface area contributed by atoms with E-state index in [-0.39, 0.29) is 17.0 Å². The van der Waals surface area contributed by atoms with Gasteiger partial charge in [-0.15, -0.1) is 11.8 Å². The quantitative estimate of drug-likeness (QED) is 0.208. The molecule has 0 aliphatic rings. The number of aryl methyl sites for hydroxylation is 1. The topological polar surface area (TPSA) is 102 Å². The second-order valence-electron chi connectivity index (χ2n) is 6.04. The minimum Gasteiger partial charge on any atom is -0.454 e. The largest absolute Gasteiger partial charge is 0.454 e. The molecule has 8 heteroatoms. The number of para-hydroxylation sites is 1. The first kappa shape index (κ1) is 19.6. The molecule has 144 valence electrons. The normalized spacial score (nSPS) is 10.8. The number of carbonyl (C=O) groups is 2. The maximum atomic E-state index is 12.5. The van der Waals surface area contributed by atoms with Crippen LogP contribution >= 0.6 is 11.8 Å². The van der Waals surface area contributed by atoms with Gasteiger partial charge in [-0.3, -0.25) is 14.9 Å². The van der Waals surface area contributed by atoms with Crippen molar-refractivity contribution >= 4 is 40.1 Å². The summed E-state index contributed by atoms with van der Waals surface area (Å²) in [6, 6.07) is 9.81. The molecule has 0 spiro atoms. The molecule has 0 unspecified atom stereocenters. The fraction of sp³-hybridized carbons (Fsp3) is 0.200. The van der Waals surface area contributed by atoms with Crippen molar-refractivity contribution in [1.82, 2.24) is 4.98 Å². The maximum absolute atomic E-state index is 12.5. The summed E-state index contributed by atoms with van der Waals surface area (Å²) in [5, 5.41) is 11.9. The van der Waals surface area contributed by atoms with E-state index in [0.717, 1.165) is 29.0 Å². The molecular weight excluding hydrogens is 380 g/mol. The van der Waals surface area contributed by atoms with Gasteiger partial charge < -0.3 is 9.72 Å². The van der Waals surface area contributed by atoms with Crippen LogP contribution < -0.4 is 0 Å². The third kappa shape index (κ3) is 3.77. The Kier molecular flexibility index (Phi) is 5.79. The molecule has 2 aromatic carbocycles. The lowest BCUT2D eigenvalue weighted by atomic mass is 10.1. The highest BCUT2D eigenvalue weighted by Gasteiger charge is 2.20. The van der Waals surface area contributed by atoms with E-state index in [2.05, 4.69) is 4.98 Å². The van der Waals surface area contributed by atoms with Crippen molar-refractivity contribution in [2.24, 2.45) is 0 Å². The first-order valence-corrected chi connectivity index (χ1v) is 9.80. The Morgan fingerprint density at radius 3 is 2.71 bits per heavy atom. The lowest BCUT2D eigenvalue weighted by molar-refractivity contribution is -0.387. The van der Waals surface area contributed by atoms with E-state index in [1.807, 2.05) is 25.1 Å². The number of rotatable bonds is 7. The number of ketones is 1. The van der Waals surface area contributed by atoms with Crippen molar-refractivity contribution in [3.05, 3.63) is 69.4 Å². The van der Waals surface area contributed by atoms with Gasteiger partial charge in [0.2, 0.25) is 5.78 Å². The van der Waals surface area contributed by atoms with Crippen molar-refractivity contribution in [3.63, 3.8) is 0 Å². The van der Waals surface area contributed by atoms with E-state index >= 15 is 0 Å². The number of thioether (sulfide) groups is 1. The van der Waals surface area contributed by atoms with E-state index in [1.165, 1.54) is 23.9 Å². The Labute approximate surface area is 165 Å². The lowest BCUT2D eigenvalue weighted by Gasteiger charge is -2.06. The number of aromatic amines is 1. The smallest absolute Gasteiger partial charge is 0.338 e. The number of benzene rings is 2. The molecule has 0 saturated carbocycles. The SMILES string of the molecule is CCc1cccc2c(C(=O)COC(=O)c3ccc(SC)c([N+](=O)[O-])c3)c[nH]c12. The van der Waals surface area contributed by atoms with Crippen molar-refractivity contribution in [2.75, 3.05) is 12.9 Å². The molecule has 1 aromatic heterocycles. The zero-order valence-corrected chi connectivity index (χ0v) is 16.2. The Hall–Kier alpha value is -3.13. The Bertz CT molecular complexity index is 1070. The second kappa shape index (κ2) is 8.26. The Balaban J connectivity index is 1.76. The summed E-state index contributed by atoms with van der Waals surface area (Å²) in [6.45, 7) is 1.58. The molecule has 3 rings (SSSR count). The standard InChI is InChI=1S/C20H18N2O5S/c1-3-12-5-4-6-14-15(10-21-19(12)14)17(23)11-27-20(24)13-7-8-18(28-2)16(9-13)22(25)26/h4-10,21H,3,11H2,1-2H3. The van der Waals surface area contributed by atoms with Crippen molar-refractivity contribution in [1.29, 1.82) is 0 Å². The minimum absolute atomic E-state index is 0.0319. The van der Waals surface area contributed by atoms with Gasteiger partial charge in [-0.25, -0.2) is 4.79 Å². The number of H-pyrrole nitrogens is 1. The van der Waals surface area contributed by atoms with Crippen molar-refractivity contribution in [3.8, 4) is 0 Å². The average Bonchev–Trinajstić information content (AvgIpc) is 3.15. The number of carbonyl (C=O) groups excluding carboxylic acids is 2. The van der Waals surface area contributed by atoms with Crippen LogP contribution in [0, 0.1) is 10.1 Å². The van der Waals surface area contributed by atoms with Gasteiger partial charge in [0, 0.05) is 28.7 Å². The first-order chi connectivity index (χ1) is 13.5. The highest BCUT2D eigenvalue weighted by Crippen LogP contribution is 2.28. The van der Waals surface area contributed by atoms with Gasteiger partial charge in [-0.2, -0.15) is 0 Å². The highest BCUT2D eigenvalue weighted by molar-refractivity contribution is 7.98. The zero-order chi connectivity index (χ0) is 20.3. The predicted octanol–water partition coefficient (Wildman–Crippen LogP) is 4.40. The number of nitrogens with zero attached hydrogens (tertiary/aromatic N) is 1. The van der Waals surface area contributed by atoms with Crippen LogP contribution in [0.3, 0.4) is 0 Å². The lowest BCUT2D eigenvalue weighted by Crippen LogP contribution is -2.14. The number of nitrogens with one attached hydrogen (secondary N) is 1. The third-order valence-corrected chi connectivity index (χ3v) is 5.21. The predicted molar refractivity (Wildman–Crippen MR) is 107 cm³/mol. The Morgan fingerprint density at radius 2 is 2.04 bits per heavy atom. The molecule has 0 saturated heterocycles. The number of esters is 1. The number of aromatic nitrogens is 1. The van der Waals surface area contributed by atoms with Gasteiger partial charge in [0.05, 0.1) is 15.4 Å². The third-order valence-electron chi connectivity index (χ3n) is 4.43. The number of Topliss-reactive ketones (excluding diaryl/α,β-unsaturated/α-hetero) is 1. The Morgan fingerprint density at radius 1 is 1.25 bits per heavy atom. The van der Waals surface area contributed by atoms with Crippen LogP contribution in [0.4, 0.5) is 5.69 Å². The summed E-state index contributed by atoms with van der Waals surface area (Å²) in [4.78, 5) is 38.9.